The largest absolute Gasteiger partial charge is 0.366 e. The Morgan fingerprint density at radius 3 is 2.39 bits per heavy atom. The first-order valence-corrected chi connectivity index (χ1v) is 9.46. The maximum absolute atomic E-state index is 13.9. The number of halogens is 1. The summed E-state index contributed by atoms with van der Waals surface area (Å²) in [6, 6.07) is 10.4. The number of hydrogen-bond donors (Lipinski definition) is 0. The van der Waals surface area contributed by atoms with Crippen LogP contribution in [0.5, 0.6) is 0 Å². The Kier molecular flexibility index (Phi) is 6.57. The lowest BCUT2D eigenvalue weighted by molar-refractivity contribution is -0.134. The summed E-state index contributed by atoms with van der Waals surface area (Å²) < 4.78 is 13.9. The molecule has 1 saturated heterocycles. The predicted molar refractivity (Wildman–Crippen MR) is 105 cm³/mol. The van der Waals surface area contributed by atoms with Gasteiger partial charge in [0.15, 0.2) is 0 Å². The van der Waals surface area contributed by atoms with E-state index in [1.807, 2.05) is 23.1 Å². The number of nitrogens with zero attached hydrogens (tertiary/aromatic N) is 4. The molecule has 0 saturated carbocycles. The van der Waals surface area contributed by atoms with E-state index >= 15 is 0 Å². The van der Waals surface area contributed by atoms with Gasteiger partial charge in [-0.3, -0.25) is 14.6 Å². The third kappa shape index (κ3) is 5.06. The Labute approximate surface area is 164 Å². The van der Waals surface area contributed by atoms with Gasteiger partial charge in [-0.25, -0.2) is 4.39 Å². The monoisotopic (exact) mass is 384 g/mol. The number of aromatic nitrogens is 1. The van der Waals surface area contributed by atoms with Crippen molar-refractivity contribution in [3.8, 4) is 0 Å². The molecule has 2 heterocycles. The molecule has 28 heavy (non-hydrogen) atoms. The highest BCUT2D eigenvalue weighted by Crippen LogP contribution is 2.20. The van der Waals surface area contributed by atoms with E-state index in [1.54, 1.807) is 34.3 Å². The van der Waals surface area contributed by atoms with Gasteiger partial charge >= 0.3 is 0 Å². The number of anilines is 1. The third-order valence-electron chi connectivity index (χ3n) is 4.99. The number of para-hydroxylation sites is 1. The molecule has 0 unspecified atom stereocenters. The Hall–Kier alpha value is -2.96. The molecule has 0 aliphatic carbocycles. The number of hydrogen-bond acceptors (Lipinski definition) is 4. The molecule has 7 heteroatoms. The topological polar surface area (TPSA) is 56.8 Å². The molecular weight excluding hydrogens is 359 g/mol. The summed E-state index contributed by atoms with van der Waals surface area (Å²) in [6.07, 6.45) is 3.66. The van der Waals surface area contributed by atoms with Crippen molar-refractivity contribution < 1.29 is 14.0 Å². The van der Waals surface area contributed by atoms with Gasteiger partial charge in [-0.05, 0) is 29.8 Å². The maximum atomic E-state index is 13.9. The molecule has 1 aromatic carbocycles. The quantitative estimate of drug-likeness (QED) is 0.767. The molecule has 0 N–H and O–H groups in total. The minimum absolute atomic E-state index is 0.0224. The molecule has 1 aliphatic rings. The van der Waals surface area contributed by atoms with Gasteiger partial charge in [-0.15, -0.1) is 0 Å². The SMILES string of the molecule is CC(=O)N(CCC(=O)N1CCN(c2ccccc2F)CC1)Cc1ccncc1. The van der Waals surface area contributed by atoms with Gasteiger partial charge in [0.1, 0.15) is 5.82 Å². The Balaban J connectivity index is 1.49. The lowest BCUT2D eigenvalue weighted by Crippen LogP contribution is -2.49. The van der Waals surface area contributed by atoms with Crippen LogP contribution in [-0.4, -0.2) is 59.3 Å². The standard InChI is InChI=1S/C21H25FN4O2/c1-17(27)26(16-18-6-9-23-10-7-18)11-8-21(28)25-14-12-24(13-15-25)20-5-3-2-4-19(20)22/h2-7,9-10H,8,11-16H2,1H3. The Bertz CT molecular complexity index is 807. The molecule has 148 valence electrons. The van der Waals surface area contributed by atoms with E-state index in [1.165, 1.54) is 13.0 Å². The van der Waals surface area contributed by atoms with Crippen molar-refractivity contribution in [2.24, 2.45) is 0 Å². The van der Waals surface area contributed by atoms with Gasteiger partial charge in [0.05, 0.1) is 5.69 Å². The van der Waals surface area contributed by atoms with Crippen LogP contribution >= 0.6 is 0 Å². The fraction of sp³-hybridized carbons (Fsp3) is 0.381. The second kappa shape index (κ2) is 9.30. The first-order valence-electron chi connectivity index (χ1n) is 9.46. The molecular formula is C21H25FN4O2. The van der Waals surface area contributed by atoms with E-state index in [4.69, 9.17) is 0 Å². The number of benzene rings is 1. The van der Waals surface area contributed by atoms with Crippen molar-refractivity contribution in [3.63, 3.8) is 0 Å². The molecule has 1 aliphatic heterocycles. The predicted octanol–water partition coefficient (Wildman–Crippen LogP) is 2.31. The van der Waals surface area contributed by atoms with Crippen LogP contribution in [0.3, 0.4) is 0 Å². The molecule has 3 rings (SSSR count). The maximum Gasteiger partial charge on any atom is 0.224 e. The highest BCUT2D eigenvalue weighted by molar-refractivity contribution is 5.78. The van der Waals surface area contributed by atoms with Crippen LogP contribution in [0.15, 0.2) is 48.8 Å². The van der Waals surface area contributed by atoms with Crippen LogP contribution in [0.4, 0.5) is 10.1 Å². The normalized spacial score (nSPS) is 14.1. The second-order valence-electron chi connectivity index (χ2n) is 6.87. The van der Waals surface area contributed by atoms with Crippen LogP contribution in [0.2, 0.25) is 0 Å². The highest BCUT2D eigenvalue weighted by atomic mass is 19.1. The molecule has 0 atom stereocenters. The van der Waals surface area contributed by atoms with Crippen LogP contribution in [0, 0.1) is 5.82 Å². The van der Waals surface area contributed by atoms with E-state index < -0.39 is 0 Å². The molecule has 0 radical (unpaired) electrons. The van der Waals surface area contributed by atoms with Gasteiger partial charge in [-0.2, -0.15) is 0 Å². The Morgan fingerprint density at radius 1 is 1.07 bits per heavy atom. The molecule has 2 aromatic rings. The minimum Gasteiger partial charge on any atom is -0.366 e. The van der Waals surface area contributed by atoms with Gasteiger partial charge in [-0.1, -0.05) is 12.1 Å². The third-order valence-corrected chi connectivity index (χ3v) is 4.99. The zero-order valence-electron chi connectivity index (χ0n) is 16.1. The Morgan fingerprint density at radius 2 is 1.75 bits per heavy atom. The summed E-state index contributed by atoms with van der Waals surface area (Å²) in [5.41, 5.74) is 1.56. The van der Waals surface area contributed by atoms with Gasteiger partial charge in [0.2, 0.25) is 11.8 Å². The number of pyridine rings is 1. The van der Waals surface area contributed by atoms with E-state index in [9.17, 15) is 14.0 Å². The van der Waals surface area contributed by atoms with Crippen molar-refractivity contribution >= 4 is 17.5 Å². The summed E-state index contributed by atoms with van der Waals surface area (Å²) in [5.74, 6) is -0.279. The summed E-state index contributed by atoms with van der Waals surface area (Å²) >= 11 is 0. The van der Waals surface area contributed by atoms with Crippen molar-refractivity contribution in [3.05, 3.63) is 60.2 Å². The van der Waals surface area contributed by atoms with Crippen molar-refractivity contribution in [1.29, 1.82) is 0 Å². The van der Waals surface area contributed by atoms with Crippen LogP contribution in [0.25, 0.3) is 0 Å². The van der Waals surface area contributed by atoms with E-state index in [2.05, 4.69) is 4.98 Å². The second-order valence-corrected chi connectivity index (χ2v) is 6.87. The van der Waals surface area contributed by atoms with E-state index in [0.29, 0.717) is 45.0 Å². The number of piperazine rings is 1. The summed E-state index contributed by atoms with van der Waals surface area (Å²) in [4.78, 5) is 33.9. The van der Waals surface area contributed by atoms with E-state index in [-0.39, 0.29) is 24.1 Å². The fourth-order valence-electron chi connectivity index (χ4n) is 3.35. The fourth-order valence-corrected chi connectivity index (χ4v) is 3.35. The minimum atomic E-state index is -0.240. The molecule has 1 fully saturated rings. The molecule has 2 amide bonds. The molecule has 0 spiro atoms. The first kappa shape index (κ1) is 19.8. The first-order chi connectivity index (χ1) is 13.5. The van der Waals surface area contributed by atoms with Gasteiger partial charge in [0.25, 0.3) is 0 Å². The summed E-state index contributed by atoms with van der Waals surface area (Å²) in [5, 5.41) is 0. The average molecular weight is 384 g/mol. The number of carbonyl (C=O) groups excluding carboxylic acids is 2. The van der Waals surface area contributed by atoms with Crippen LogP contribution in [0.1, 0.15) is 18.9 Å². The number of carbonyl (C=O) groups is 2. The lowest BCUT2D eigenvalue weighted by Gasteiger charge is -2.36. The highest BCUT2D eigenvalue weighted by Gasteiger charge is 2.23. The molecule has 0 bridgehead atoms. The zero-order valence-corrected chi connectivity index (χ0v) is 16.1. The lowest BCUT2D eigenvalue weighted by atomic mass is 10.2. The van der Waals surface area contributed by atoms with Crippen LogP contribution in [-0.2, 0) is 16.1 Å². The number of rotatable bonds is 6. The van der Waals surface area contributed by atoms with E-state index in [0.717, 1.165) is 5.56 Å². The van der Waals surface area contributed by atoms with Crippen molar-refractivity contribution in [1.82, 2.24) is 14.8 Å². The van der Waals surface area contributed by atoms with Crippen LogP contribution < -0.4 is 4.90 Å². The average Bonchev–Trinajstić information content (AvgIpc) is 2.72. The summed E-state index contributed by atoms with van der Waals surface area (Å²) in [6.45, 7) is 4.66. The zero-order chi connectivity index (χ0) is 19.9. The van der Waals surface area contributed by atoms with Crippen molar-refractivity contribution in [2.45, 2.75) is 19.9 Å². The smallest absolute Gasteiger partial charge is 0.224 e. The van der Waals surface area contributed by atoms with Gasteiger partial charge < -0.3 is 14.7 Å². The molecule has 6 nitrogen and oxygen atoms in total. The van der Waals surface area contributed by atoms with Gasteiger partial charge in [0, 0.05) is 65.0 Å². The molecule has 1 aromatic heterocycles. The van der Waals surface area contributed by atoms with Crippen molar-refractivity contribution in [2.75, 3.05) is 37.6 Å². The summed E-state index contributed by atoms with van der Waals surface area (Å²) in [7, 11) is 0. The number of amides is 2.